The second kappa shape index (κ2) is 7.74. The van der Waals surface area contributed by atoms with Crippen LogP contribution in [0.5, 0.6) is 5.75 Å². The maximum atomic E-state index is 14.2. The molecule has 1 heterocycles. The van der Waals surface area contributed by atoms with Gasteiger partial charge in [0.1, 0.15) is 11.6 Å². The molecule has 1 aliphatic heterocycles. The molecule has 2 aliphatic carbocycles. The predicted molar refractivity (Wildman–Crippen MR) is 107 cm³/mol. The highest BCUT2D eigenvalue weighted by Gasteiger charge is 2.50. The molecule has 1 amide bonds. The van der Waals surface area contributed by atoms with E-state index in [9.17, 15) is 27.6 Å². The summed E-state index contributed by atoms with van der Waals surface area (Å²) in [6, 6.07) is 8.47. The van der Waals surface area contributed by atoms with Crippen molar-refractivity contribution in [2.24, 2.45) is 5.92 Å². The highest BCUT2D eigenvalue weighted by Crippen LogP contribution is 2.52. The Labute approximate surface area is 182 Å². The van der Waals surface area contributed by atoms with Gasteiger partial charge in [-0.1, -0.05) is 6.42 Å². The highest BCUT2D eigenvalue weighted by molar-refractivity contribution is 6.07. The van der Waals surface area contributed by atoms with Crippen LogP contribution in [0.2, 0.25) is 0 Å². The number of alkyl halides is 3. The number of ether oxygens (including phenoxy) is 1. The zero-order valence-corrected chi connectivity index (χ0v) is 17.1. The number of benzene rings is 2. The Hall–Kier alpha value is -2.65. The first-order valence-electron chi connectivity index (χ1n) is 10.7. The van der Waals surface area contributed by atoms with Crippen LogP contribution in [0, 0.1) is 11.7 Å². The Morgan fingerprint density at radius 1 is 1.06 bits per heavy atom. The number of hydroxylamine groups is 2. The topological polar surface area (TPSA) is 53.0 Å². The predicted octanol–water partition coefficient (Wildman–Crippen LogP) is 5.45. The van der Waals surface area contributed by atoms with Crippen LogP contribution in [0.25, 0.3) is 0 Å². The molecule has 32 heavy (non-hydrogen) atoms. The third-order valence-electron chi connectivity index (χ3n) is 6.60. The molecule has 5 nitrogen and oxygen atoms in total. The van der Waals surface area contributed by atoms with E-state index in [0.717, 1.165) is 44.2 Å². The zero-order valence-electron chi connectivity index (χ0n) is 17.1. The fourth-order valence-electron chi connectivity index (χ4n) is 5.15. The van der Waals surface area contributed by atoms with Gasteiger partial charge in [-0.25, -0.2) is 4.39 Å². The number of anilines is 1. The third kappa shape index (κ3) is 3.84. The van der Waals surface area contributed by atoms with Gasteiger partial charge in [0.05, 0.1) is 6.04 Å². The number of fused-ring (bicyclic) bond motifs is 2. The Morgan fingerprint density at radius 2 is 1.78 bits per heavy atom. The van der Waals surface area contributed by atoms with Crippen molar-refractivity contribution in [2.75, 3.05) is 4.90 Å². The molecule has 0 saturated heterocycles. The summed E-state index contributed by atoms with van der Waals surface area (Å²) in [5, 5.41) is 12.2. The molecule has 2 aromatic rings. The average Bonchev–Trinajstić information content (AvgIpc) is 3.48. The lowest BCUT2D eigenvalue weighted by Crippen LogP contribution is -2.51. The number of amides is 1. The van der Waals surface area contributed by atoms with Gasteiger partial charge in [-0.3, -0.25) is 4.79 Å². The Morgan fingerprint density at radius 3 is 2.44 bits per heavy atom. The van der Waals surface area contributed by atoms with Gasteiger partial charge in [-0.2, -0.15) is 5.06 Å². The minimum Gasteiger partial charge on any atom is -0.406 e. The molecular formula is C23H22F4N2O3. The van der Waals surface area contributed by atoms with E-state index in [-0.39, 0.29) is 29.5 Å². The molecule has 0 spiro atoms. The molecule has 0 bridgehead atoms. The van der Waals surface area contributed by atoms with Gasteiger partial charge in [0.15, 0.2) is 0 Å². The fraction of sp³-hybridized carbons (Fsp3) is 0.435. The first kappa shape index (κ1) is 21.2. The third-order valence-corrected chi connectivity index (χ3v) is 6.60. The van der Waals surface area contributed by atoms with Crippen molar-refractivity contribution in [3.05, 3.63) is 59.4 Å². The van der Waals surface area contributed by atoms with Crippen LogP contribution in [-0.4, -0.2) is 34.6 Å². The van der Waals surface area contributed by atoms with Gasteiger partial charge >= 0.3 is 6.36 Å². The molecule has 2 aromatic carbocycles. The van der Waals surface area contributed by atoms with Crippen LogP contribution in [0.1, 0.15) is 54.1 Å². The van der Waals surface area contributed by atoms with Crippen molar-refractivity contribution >= 4 is 11.6 Å². The smallest absolute Gasteiger partial charge is 0.406 e. The van der Waals surface area contributed by atoms with Crippen LogP contribution in [-0.2, 0) is 0 Å². The van der Waals surface area contributed by atoms with Crippen LogP contribution >= 0.6 is 0 Å². The number of hydrogen-bond donors (Lipinski definition) is 1. The van der Waals surface area contributed by atoms with Crippen molar-refractivity contribution in [3.63, 3.8) is 0 Å². The summed E-state index contributed by atoms with van der Waals surface area (Å²) >= 11 is 0. The maximum Gasteiger partial charge on any atom is 0.573 e. The SMILES string of the molecule is O=C(c1ccc(OC(F)(F)F)cc1)N1c2ccc(F)cc2[C@H](N(O)C2CC2)[C@@H]2CCC[C@@H]21. The number of halogens is 4. The molecule has 9 heteroatoms. The van der Waals surface area contributed by atoms with Crippen LogP contribution in [0.4, 0.5) is 23.2 Å². The Kier molecular flexibility index (Phi) is 5.13. The lowest BCUT2D eigenvalue weighted by Gasteiger charge is -2.46. The molecular weight excluding hydrogens is 428 g/mol. The van der Waals surface area contributed by atoms with Crippen LogP contribution in [0.15, 0.2) is 42.5 Å². The molecule has 2 fully saturated rings. The van der Waals surface area contributed by atoms with Crippen LogP contribution < -0.4 is 9.64 Å². The Bertz CT molecular complexity index is 1020. The first-order valence-corrected chi connectivity index (χ1v) is 10.7. The van der Waals surface area contributed by atoms with E-state index in [4.69, 9.17) is 0 Å². The van der Waals surface area contributed by atoms with Gasteiger partial charge in [-0.15, -0.1) is 13.2 Å². The minimum absolute atomic E-state index is 0.0424. The van der Waals surface area contributed by atoms with Gasteiger partial charge in [0, 0.05) is 29.3 Å². The van der Waals surface area contributed by atoms with Crippen molar-refractivity contribution in [2.45, 2.75) is 56.6 Å². The summed E-state index contributed by atoms with van der Waals surface area (Å²) in [6.07, 6.45) is -0.670. The van der Waals surface area contributed by atoms with Crippen molar-refractivity contribution in [1.29, 1.82) is 0 Å². The molecule has 170 valence electrons. The second-order valence-corrected chi connectivity index (χ2v) is 8.67. The minimum atomic E-state index is -4.81. The van der Waals surface area contributed by atoms with E-state index >= 15 is 0 Å². The summed E-state index contributed by atoms with van der Waals surface area (Å²) in [7, 11) is 0. The van der Waals surface area contributed by atoms with Gasteiger partial charge < -0.3 is 14.8 Å². The zero-order chi connectivity index (χ0) is 22.6. The largest absolute Gasteiger partial charge is 0.573 e. The molecule has 0 aromatic heterocycles. The second-order valence-electron chi connectivity index (χ2n) is 8.67. The number of rotatable bonds is 4. The summed E-state index contributed by atoms with van der Waals surface area (Å²) in [6.45, 7) is 0. The maximum absolute atomic E-state index is 14.2. The fourth-order valence-corrected chi connectivity index (χ4v) is 5.15. The molecule has 3 aliphatic rings. The van der Waals surface area contributed by atoms with E-state index < -0.39 is 24.0 Å². The van der Waals surface area contributed by atoms with E-state index in [1.54, 1.807) is 11.0 Å². The lowest BCUT2D eigenvalue weighted by atomic mass is 9.82. The van der Waals surface area contributed by atoms with Crippen LogP contribution in [0.3, 0.4) is 0 Å². The highest BCUT2D eigenvalue weighted by atomic mass is 19.4. The van der Waals surface area contributed by atoms with E-state index in [1.807, 2.05) is 0 Å². The van der Waals surface area contributed by atoms with Crippen molar-refractivity contribution < 1.29 is 32.3 Å². The van der Waals surface area contributed by atoms with Gasteiger partial charge in [-0.05, 0) is 73.7 Å². The monoisotopic (exact) mass is 450 g/mol. The molecule has 5 rings (SSSR count). The Balaban J connectivity index is 1.52. The standard InChI is InChI=1S/C23H22F4N2O3/c24-14-6-11-20-18(12-14)21(29(31)15-7-8-15)17-2-1-3-19(17)28(20)22(30)13-4-9-16(10-5-13)32-23(25,26)27/h4-6,9-12,15,17,19,21,31H,1-3,7-8H2/t17-,19+,21-/m1/s1. The number of nitrogens with zero attached hydrogens (tertiary/aromatic N) is 2. The molecule has 0 radical (unpaired) electrons. The number of carbonyl (C=O) groups is 1. The summed E-state index contributed by atoms with van der Waals surface area (Å²) in [5.74, 6) is -1.29. The number of hydrogen-bond acceptors (Lipinski definition) is 4. The quantitative estimate of drug-likeness (QED) is 0.497. The summed E-state index contributed by atoms with van der Waals surface area (Å²) in [4.78, 5) is 15.1. The number of carbonyl (C=O) groups excluding carboxylic acids is 1. The molecule has 0 unspecified atom stereocenters. The molecule has 1 N–H and O–H groups in total. The normalized spacial score (nSPS) is 24.9. The lowest BCUT2D eigenvalue weighted by molar-refractivity contribution is -0.274. The van der Waals surface area contributed by atoms with Crippen molar-refractivity contribution in [1.82, 2.24) is 5.06 Å². The van der Waals surface area contributed by atoms with E-state index in [2.05, 4.69) is 4.74 Å². The molecule has 2 saturated carbocycles. The van der Waals surface area contributed by atoms with E-state index in [1.165, 1.54) is 29.3 Å². The van der Waals surface area contributed by atoms with E-state index in [0.29, 0.717) is 11.3 Å². The summed E-state index contributed by atoms with van der Waals surface area (Å²) < 4.78 is 55.4. The average molecular weight is 450 g/mol. The van der Waals surface area contributed by atoms with Crippen molar-refractivity contribution in [3.8, 4) is 5.75 Å². The summed E-state index contributed by atoms with van der Waals surface area (Å²) in [5.41, 5.74) is 1.30. The first-order chi connectivity index (χ1) is 15.2. The van der Waals surface area contributed by atoms with Gasteiger partial charge in [0.25, 0.3) is 5.91 Å². The molecule has 3 atom stereocenters. The van der Waals surface area contributed by atoms with Gasteiger partial charge in [0.2, 0.25) is 0 Å².